The second-order valence-corrected chi connectivity index (χ2v) is 5.20. The Morgan fingerprint density at radius 1 is 1.00 bits per heavy atom. The molecule has 0 aliphatic carbocycles. The number of carbonyl (C=O) groups is 1. The highest BCUT2D eigenvalue weighted by Crippen LogP contribution is 2.33. The van der Waals surface area contributed by atoms with Crippen LogP contribution < -0.4 is 0 Å². The number of Topliss-reactive ketones (excluding diaryl/α,β-unsaturated/α-hetero) is 1. The first-order chi connectivity index (χ1) is 9.89. The SMILES string of the molecule is O=C(CSc1ccccc1F)c1ccccc1C(F)(F)F. The van der Waals surface area contributed by atoms with Crippen LogP contribution in [0.5, 0.6) is 0 Å². The van der Waals surface area contributed by atoms with Gasteiger partial charge >= 0.3 is 6.18 Å². The molecule has 0 N–H and O–H groups in total. The van der Waals surface area contributed by atoms with Crippen molar-refractivity contribution in [1.82, 2.24) is 0 Å². The molecule has 0 amide bonds. The molecule has 0 heterocycles. The zero-order valence-electron chi connectivity index (χ0n) is 10.7. The van der Waals surface area contributed by atoms with Gasteiger partial charge < -0.3 is 0 Å². The fourth-order valence-electron chi connectivity index (χ4n) is 1.76. The minimum atomic E-state index is -4.59. The predicted octanol–water partition coefficient (Wildman–Crippen LogP) is 4.82. The first-order valence-electron chi connectivity index (χ1n) is 5.96. The van der Waals surface area contributed by atoms with Crippen LogP contribution in [0.15, 0.2) is 53.4 Å². The predicted molar refractivity (Wildman–Crippen MR) is 72.9 cm³/mol. The third kappa shape index (κ3) is 3.85. The van der Waals surface area contributed by atoms with Crippen LogP contribution in [-0.4, -0.2) is 11.5 Å². The normalized spacial score (nSPS) is 11.4. The van der Waals surface area contributed by atoms with Gasteiger partial charge in [0.2, 0.25) is 0 Å². The van der Waals surface area contributed by atoms with E-state index >= 15 is 0 Å². The van der Waals surface area contributed by atoms with E-state index in [2.05, 4.69) is 0 Å². The average molecular weight is 314 g/mol. The number of benzene rings is 2. The van der Waals surface area contributed by atoms with Gasteiger partial charge in [-0.15, -0.1) is 11.8 Å². The molecule has 0 aromatic heterocycles. The maximum Gasteiger partial charge on any atom is 0.417 e. The number of hydrogen-bond acceptors (Lipinski definition) is 2. The Morgan fingerprint density at radius 3 is 2.29 bits per heavy atom. The number of hydrogen-bond donors (Lipinski definition) is 0. The summed E-state index contributed by atoms with van der Waals surface area (Å²) in [7, 11) is 0. The van der Waals surface area contributed by atoms with E-state index in [9.17, 15) is 22.4 Å². The second-order valence-electron chi connectivity index (χ2n) is 4.19. The molecule has 0 bridgehead atoms. The molecule has 0 fully saturated rings. The quantitative estimate of drug-likeness (QED) is 0.457. The fraction of sp³-hybridized carbons (Fsp3) is 0.133. The van der Waals surface area contributed by atoms with Crippen LogP contribution in [0.4, 0.5) is 17.6 Å². The third-order valence-electron chi connectivity index (χ3n) is 2.73. The lowest BCUT2D eigenvalue weighted by atomic mass is 10.0. The van der Waals surface area contributed by atoms with Gasteiger partial charge in [-0.2, -0.15) is 13.2 Å². The monoisotopic (exact) mass is 314 g/mol. The van der Waals surface area contributed by atoms with E-state index < -0.39 is 28.9 Å². The summed E-state index contributed by atoms with van der Waals surface area (Å²) in [5.41, 5.74) is -1.36. The molecule has 0 aliphatic rings. The van der Waals surface area contributed by atoms with Gasteiger partial charge in [-0.3, -0.25) is 4.79 Å². The topological polar surface area (TPSA) is 17.1 Å². The number of ketones is 1. The Hall–Kier alpha value is -1.82. The molecule has 0 spiro atoms. The summed E-state index contributed by atoms with van der Waals surface area (Å²) >= 11 is 0.877. The van der Waals surface area contributed by atoms with Crippen molar-refractivity contribution in [2.45, 2.75) is 11.1 Å². The van der Waals surface area contributed by atoms with E-state index in [1.165, 1.54) is 30.3 Å². The van der Waals surface area contributed by atoms with Crippen LogP contribution in [-0.2, 0) is 6.18 Å². The summed E-state index contributed by atoms with van der Waals surface area (Å²) in [5, 5.41) is 0. The Balaban J connectivity index is 2.17. The van der Waals surface area contributed by atoms with Gasteiger partial charge in [0.15, 0.2) is 5.78 Å². The smallest absolute Gasteiger partial charge is 0.293 e. The van der Waals surface area contributed by atoms with Gasteiger partial charge in [0.25, 0.3) is 0 Å². The van der Waals surface area contributed by atoms with Crippen LogP contribution in [0, 0.1) is 5.82 Å². The standard InChI is InChI=1S/C15H10F4OS/c16-12-7-3-4-8-14(12)21-9-13(20)10-5-1-2-6-11(10)15(17,18)19/h1-8H,9H2. The van der Waals surface area contributed by atoms with E-state index in [4.69, 9.17) is 0 Å². The van der Waals surface area contributed by atoms with Gasteiger partial charge in [0, 0.05) is 10.5 Å². The van der Waals surface area contributed by atoms with Crippen molar-refractivity contribution in [2.24, 2.45) is 0 Å². The van der Waals surface area contributed by atoms with Crippen molar-refractivity contribution in [3.8, 4) is 0 Å². The molecular formula is C15H10F4OS. The highest BCUT2D eigenvalue weighted by molar-refractivity contribution is 8.00. The lowest BCUT2D eigenvalue weighted by Crippen LogP contribution is -2.14. The Bertz CT molecular complexity index is 652. The third-order valence-corrected chi connectivity index (χ3v) is 3.78. The largest absolute Gasteiger partial charge is 0.417 e. The Labute approximate surface area is 123 Å². The zero-order valence-corrected chi connectivity index (χ0v) is 11.5. The van der Waals surface area contributed by atoms with Crippen molar-refractivity contribution < 1.29 is 22.4 Å². The number of carbonyl (C=O) groups excluding carboxylic acids is 1. The summed E-state index contributed by atoms with van der Waals surface area (Å²) in [6, 6.07) is 10.4. The van der Waals surface area contributed by atoms with Crippen molar-refractivity contribution in [3.05, 3.63) is 65.5 Å². The number of rotatable bonds is 4. The summed E-state index contributed by atoms with van der Waals surface area (Å²) < 4.78 is 51.8. The lowest BCUT2D eigenvalue weighted by molar-refractivity contribution is -0.137. The van der Waals surface area contributed by atoms with E-state index in [1.54, 1.807) is 6.07 Å². The molecule has 21 heavy (non-hydrogen) atoms. The van der Waals surface area contributed by atoms with E-state index in [-0.39, 0.29) is 10.6 Å². The summed E-state index contributed by atoms with van der Waals surface area (Å²) in [5.74, 6) is -1.44. The fourth-order valence-corrected chi connectivity index (χ4v) is 2.58. The maximum absolute atomic E-state index is 13.4. The molecule has 0 saturated carbocycles. The van der Waals surface area contributed by atoms with Gasteiger partial charge in [-0.25, -0.2) is 4.39 Å². The number of alkyl halides is 3. The number of thioether (sulfide) groups is 1. The zero-order chi connectivity index (χ0) is 15.5. The Morgan fingerprint density at radius 2 is 1.62 bits per heavy atom. The summed E-state index contributed by atoms with van der Waals surface area (Å²) in [4.78, 5) is 12.2. The van der Waals surface area contributed by atoms with Crippen LogP contribution in [0.2, 0.25) is 0 Å². The van der Waals surface area contributed by atoms with Crippen LogP contribution in [0.1, 0.15) is 15.9 Å². The highest BCUT2D eigenvalue weighted by Gasteiger charge is 2.34. The molecule has 0 aliphatic heterocycles. The molecule has 1 nitrogen and oxygen atoms in total. The molecule has 0 unspecified atom stereocenters. The van der Waals surface area contributed by atoms with E-state index in [0.29, 0.717) is 0 Å². The first-order valence-corrected chi connectivity index (χ1v) is 6.95. The average Bonchev–Trinajstić information content (AvgIpc) is 2.45. The molecule has 0 radical (unpaired) electrons. The van der Waals surface area contributed by atoms with E-state index in [1.807, 2.05) is 0 Å². The van der Waals surface area contributed by atoms with Gasteiger partial charge in [-0.1, -0.05) is 30.3 Å². The van der Waals surface area contributed by atoms with Crippen LogP contribution in [0.3, 0.4) is 0 Å². The first kappa shape index (κ1) is 15.6. The van der Waals surface area contributed by atoms with Crippen LogP contribution >= 0.6 is 11.8 Å². The molecular weight excluding hydrogens is 304 g/mol. The summed E-state index contributed by atoms with van der Waals surface area (Å²) in [6.07, 6.45) is -4.59. The van der Waals surface area contributed by atoms with Gasteiger partial charge in [0.1, 0.15) is 5.82 Å². The Kier molecular flexibility index (Phi) is 4.67. The molecule has 2 rings (SSSR count). The molecule has 110 valence electrons. The molecule has 0 atom stereocenters. The highest BCUT2D eigenvalue weighted by atomic mass is 32.2. The van der Waals surface area contributed by atoms with Crippen molar-refractivity contribution in [1.29, 1.82) is 0 Å². The lowest BCUT2D eigenvalue weighted by Gasteiger charge is -2.11. The van der Waals surface area contributed by atoms with Gasteiger partial charge in [0.05, 0.1) is 11.3 Å². The van der Waals surface area contributed by atoms with Crippen molar-refractivity contribution >= 4 is 17.5 Å². The van der Waals surface area contributed by atoms with Gasteiger partial charge in [-0.05, 0) is 18.2 Å². The maximum atomic E-state index is 13.4. The number of halogens is 4. The second kappa shape index (κ2) is 6.30. The van der Waals surface area contributed by atoms with E-state index in [0.717, 1.165) is 23.9 Å². The molecule has 2 aromatic rings. The molecule has 0 saturated heterocycles. The molecule has 2 aromatic carbocycles. The minimum Gasteiger partial charge on any atom is -0.293 e. The minimum absolute atomic E-state index is 0.232. The van der Waals surface area contributed by atoms with Crippen LogP contribution in [0.25, 0.3) is 0 Å². The van der Waals surface area contributed by atoms with Crippen molar-refractivity contribution in [2.75, 3.05) is 5.75 Å². The molecule has 6 heteroatoms. The van der Waals surface area contributed by atoms with Crippen molar-refractivity contribution in [3.63, 3.8) is 0 Å². The summed E-state index contributed by atoms with van der Waals surface area (Å²) in [6.45, 7) is 0.